The van der Waals surface area contributed by atoms with Gasteiger partial charge in [0.2, 0.25) is 0 Å². The third kappa shape index (κ3) is 1.36. The molecule has 2 heterocycles. The highest BCUT2D eigenvalue weighted by atomic mass is 32.2. The first kappa shape index (κ1) is 8.13. The van der Waals surface area contributed by atoms with Gasteiger partial charge < -0.3 is 9.84 Å². The van der Waals surface area contributed by atoms with Crippen LogP contribution in [0.25, 0.3) is 0 Å². The van der Waals surface area contributed by atoms with Crippen molar-refractivity contribution in [3.63, 3.8) is 0 Å². The maximum Gasteiger partial charge on any atom is 0.196 e. The lowest BCUT2D eigenvalue weighted by Gasteiger charge is -1.95. The van der Waals surface area contributed by atoms with Gasteiger partial charge >= 0.3 is 0 Å². The predicted molar refractivity (Wildman–Crippen MR) is 48.6 cm³/mol. The zero-order valence-corrected chi connectivity index (χ0v) is 7.91. The Hall–Kier alpha value is -0.480. The highest BCUT2D eigenvalue weighted by Crippen LogP contribution is 2.24. The van der Waals surface area contributed by atoms with Crippen molar-refractivity contribution in [2.24, 2.45) is 0 Å². The predicted octanol–water partition coefficient (Wildman–Crippen LogP) is 1.08. The van der Waals surface area contributed by atoms with Crippen LogP contribution in [0.4, 0.5) is 0 Å². The number of hydrogen-bond donors (Lipinski definition) is 1. The highest BCUT2D eigenvalue weighted by molar-refractivity contribution is 7.98. The van der Waals surface area contributed by atoms with E-state index in [1.54, 1.807) is 11.8 Å². The van der Waals surface area contributed by atoms with Gasteiger partial charge in [-0.3, -0.25) is 0 Å². The van der Waals surface area contributed by atoms with Crippen molar-refractivity contribution in [3.8, 4) is 0 Å². The van der Waals surface area contributed by atoms with Crippen molar-refractivity contribution < 1.29 is 4.52 Å². The van der Waals surface area contributed by atoms with E-state index >= 15 is 0 Å². The van der Waals surface area contributed by atoms with Crippen molar-refractivity contribution in [2.45, 2.75) is 17.9 Å². The van der Waals surface area contributed by atoms with Gasteiger partial charge in [0.15, 0.2) is 5.09 Å². The van der Waals surface area contributed by atoms with E-state index in [-0.39, 0.29) is 0 Å². The lowest BCUT2D eigenvalue weighted by atomic mass is 10.2. The number of nitrogens with one attached hydrogen (secondary N) is 1. The minimum Gasteiger partial charge on any atom is -0.349 e. The zero-order valence-electron chi connectivity index (χ0n) is 7.09. The molecule has 2 rings (SSSR count). The second kappa shape index (κ2) is 3.49. The molecule has 0 unspecified atom stereocenters. The van der Waals surface area contributed by atoms with Crippen molar-refractivity contribution in [3.05, 3.63) is 11.3 Å². The Balaban J connectivity index is 2.32. The number of nitrogens with zero attached hydrogens (tertiary/aromatic N) is 1. The van der Waals surface area contributed by atoms with Crippen LogP contribution in [0.1, 0.15) is 11.3 Å². The van der Waals surface area contributed by atoms with Crippen molar-refractivity contribution in [1.29, 1.82) is 0 Å². The SMILES string of the molecule is CSc1onc2c1CCNCC2. The molecule has 0 saturated carbocycles. The summed E-state index contributed by atoms with van der Waals surface area (Å²) >= 11 is 1.64. The van der Waals surface area contributed by atoms with Crippen LogP contribution in [-0.4, -0.2) is 24.5 Å². The molecule has 0 amide bonds. The van der Waals surface area contributed by atoms with Gasteiger partial charge in [0.05, 0.1) is 5.69 Å². The van der Waals surface area contributed by atoms with Crippen molar-refractivity contribution in [2.75, 3.05) is 19.3 Å². The van der Waals surface area contributed by atoms with Gasteiger partial charge in [0, 0.05) is 18.5 Å². The quantitative estimate of drug-likeness (QED) is 0.663. The summed E-state index contributed by atoms with van der Waals surface area (Å²) in [5.41, 5.74) is 2.46. The fourth-order valence-corrected chi connectivity index (χ4v) is 2.05. The summed E-state index contributed by atoms with van der Waals surface area (Å²) in [6.45, 7) is 2.06. The van der Waals surface area contributed by atoms with E-state index in [0.717, 1.165) is 36.7 Å². The van der Waals surface area contributed by atoms with Crippen molar-refractivity contribution in [1.82, 2.24) is 10.5 Å². The summed E-state index contributed by atoms with van der Waals surface area (Å²) in [5, 5.41) is 8.39. The van der Waals surface area contributed by atoms with Crippen LogP contribution in [0.2, 0.25) is 0 Å². The average molecular weight is 184 g/mol. The van der Waals surface area contributed by atoms with E-state index in [1.165, 1.54) is 5.56 Å². The van der Waals surface area contributed by atoms with Gasteiger partial charge in [-0.05, 0) is 19.2 Å². The van der Waals surface area contributed by atoms with Crippen molar-refractivity contribution >= 4 is 11.8 Å². The third-order valence-corrected chi connectivity index (χ3v) is 2.80. The number of rotatable bonds is 1. The second-order valence-electron chi connectivity index (χ2n) is 2.85. The number of fused-ring (bicyclic) bond motifs is 1. The molecule has 0 saturated heterocycles. The number of hydrogen-bond acceptors (Lipinski definition) is 4. The Kier molecular flexibility index (Phi) is 2.37. The number of thioether (sulfide) groups is 1. The molecule has 0 radical (unpaired) electrons. The lowest BCUT2D eigenvalue weighted by molar-refractivity contribution is 0.341. The molecule has 3 nitrogen and oxygen atoms in total. The first-order valence-corrected chi connectivity index (χ1v) is 5.36. The molecule has 0 aliphatic carbocycles. The first-order chi connectivity index (χ1) is 5.92. The molecule has 1 aromatic rings. The minimum atomic E-state index is 0.994. The van der Waals surface area contributed by atoms with Crippen LogP contribution in [0.3, 0.4) is 0 Å². The van der Waals surface area contributed by atoms with Gasteiger partial charge in [0.1, 0.15) is 0 Å². The average Bonchev–Trinajstić information content (AvgIpc) is 2.33. The summed E-state index contributed by atoms with van der Waals surface area (Å²) < 4.78 is 5.21. The molecule has 12 heavy (non-hydrogen) atoms. The van der Waals surface area contributed by atoms with E-state index in [1.807, 2.05) is 6.26 Å². The van der Waals surface area contributed by atoms with Crippen LogP contribution in [0, 0.1) is 0 Å². The molecule has 1 aliphatic rings. The normalized spacial score (nSPS) is 17.1. The maximum absolute atomic E-state index is 5.21. The van der Waals surface area contributed by atoms with Gasteiger partial charge in [-0.25, -0.2) is 0 Å². The molecule has 4 heteroatoms. The topological polar surface area (TPSA) is 38.1 Å². The summed E-state index contributed by atoms with van der Waals surface area (Å²) in [6.07, 6.45) is 4.08. The van der Waals surface area contributed by atoms with E-state index in [0.29, 0.717) is 0 Å². The standard InChI is InChI=1S/C8H12N2OS/c1-12-8-6-2-4-9-5-3-7(6)10-11-8/h9H,2-5H2,1H3. The van der Waals surface area contributed by atoms with Crippen LogP contribution in [-0.2, 0) is 12.8 Å². The maximum atomic E-state index is 5.21. The molecule has 1 aliphatic heterocycles. The van der Waals surface area contributed by atoms with E-state index in [9.17, 15) is 0 Å². The molecular formula is C8H12N2OS. The third-order valence-electron chi connectivity index (χ3n) is 2.11. The van der Waals surface area contributed by atoms with E-state index < -0.39 is 0 Å². The van der Waals surface area contributed by atoms with Gasteiger partial charge in [-0.15, -0.1) is 0 Å². The molecule has 0 spiro atoms. The summed E-state index contributed by atoms with van der Waals surface area (Å²) in [4.78, 5) is 0. The van der Waals surface area contributed by atoms with Crippen LogP contribution in [0.15, 0.2) is 9.62 Å². The summed E-state index contributed by atoms with van der Waals surface area (Å²) in [5.74, 6) is 0. The molecular weight excluding hydrogens is 172 g/mol. The Bertz CT molecular complexity index is 272. The molecule has 0 fully saturated rings. The van der Waals surface area contributed by atoms with Gasteiger partial charge in [-0.2, -0.15) is 0 Å². The number of aromatic nitrogens is 1. The molecule has 1 aromatic heterocycles. The highest BCUT2D eigenvalue weighted by Gasteiger charge is 2.16. The zero-order chi connectivity index (χ0) is 8.39. The van der Waals surface area contributed by atoms with Gasteiger partial charge in [-0.1, -0.05) is 16.9 Å². The first-order valence-electron chi connectivity index (χ1n) is 4.14. The minimum absolute atomic E-state index is 0.994. The molecule has 1 N–H and O–H groups in total. The molecule has 0 aromatic carbocycles. The molecule has 66 valence electrons. The Labute approximate surface area is 75.9 Å². The fraction of sp³-hybridized carbons (Fsp3) is 0.625. The molecule has 0 bridgehead atoms. The Morgan fingerprint density at radius 1 is 1.42 bits per heavy atom. The smallest absolute Gasteiger partial charge is 0.196 e. The largest absolute Gasteiger partial charge is 0.349 e. The summed E-state index contributed by atoms with van der Waals surface area (Å²) in [6, 6.07) is 0. The second-order valence-corrected chi connectivity index (χ2v) is 3.63. The fourth-order valence-electron chi connectivity index (χ4n) is 1.47. The lowest BCUT2D eigenvalue weighted by Crippen LogP contribution is -2.16. The Morgan fingerprint density at radius 3 is 3.08 bits per heavy atom. The van der Waals surface area contributed by atoms with Gasteiger partial charge in [0.25, 0.3) is 0 Å². The van der Waals surface area contributed by atoms with Crippen LogP contribution in [0.5, 0.6) is 0 Å². The van der Waals surface area contributed by atoms with E-state index in [4.69, 9.17) is 4.52 Å². The van der Waals surface area contributed by atoms with E-state index in [2.05, 4.69) is 10.5 Å². The summed E-state index contributed by atoms with van der Waals surface area (Å²) in [7, 11) is 0. The molecule has 0 atom stereocenters. The van der Waals surface area contributed by atoms with Crippen LogP contribution >= 0.6 is 11.8 Å². The van der Waals surface area contributed by atoms with Crippen LogP contribution < -0.4 is 5.32 Å². The Morgan fingerprint density at radius 2 is 2.25 bits per heavy atom. The monoisotopic (exact) mass is 184 g/mol.